The Bertz CT molecular complexity index is 333. The third-order valence-corrected chi connectivity index (χ3v) is 5.47. The molecule has 0 amide bonds. The van der Waals surface area contributed by atoms with Crippen molar-refractivity contribution in [2.45, 2.75) is 19.5 Å². The van der Waals surface area contributed by atoms with E-state index in [1.807, 2.05) is 30.3 Å². The van der Waals surface area contributed by atoms with Gasteiger partial charge in [0, 0.05) is 12.8 Å². The van der Waals surface area contributed by atoms with Crippen molar-refractivity contribution >= 4 is 13.4 Å². The average molecular weight is 226 g/mol. The topological polar surface area (TPSA) is 18.5 Å². The zero-order valence-corrected chi connectivity index (χ0v) is 10.5. The monoisotopic (exact) mass is 226 g/mol. The fourth-order valence-corrected chi connectivity index (χ4v) is 2.73. The lowest BCUT2D eigenvalue weighted by Crippen LogP contribution is -2.09. The number of methoxy groups -OCH3 is 1. The van der Waals surface area contributed by atoms with E-state index in [0.29, 0.717) is 12.0 Å². The fraction of sp³-hybridized carbons (Fsp3) is 0.417. The molecule has 1 rings (SSSR count). The van der Waals surface area contributed by atoms with Gasteiger partial charge in [0.25, 0.3) is 0 Å². The number of hydrogen-bond donors (Lipinski definition) is 0. The second kappa shape index (κ2) is 5.39. The molecule has 3 heteroatoms. The van der Waals surface area contributed by atoms with E-state index in [1.54, 1.807) is 7.11 Å². The van der Waals surface area contributed by atoms with Crippen molar-refractivity contribution < 1.29 is 9.26 Å². The number of para-hydroxylation sites is 1. The Hall–Kier alpha value is -0.720. The Morgan fingerprint density at radius 1 is 1.27 bits per heavy atom. The summed E-state index contributed by atoms with van der Waals surface area (Å²) in [5.74, 6) is 0.881. The number of benzene rings is 1. The first-order valence-corrected chi connectivity index (χ1v) is 7.19. The first-order chi connectivity index (χ1) is 7.08. The molecule has 84 valence electrons. The van der Waals surface area contributed by atoms with E-state index in [0.717, 1.165) is 5.75 Å². The van der Waals surface area contributed by atoms with Crippen molar-refractivity contribution in [3.8, 4) is 5.75 Å². The maximum Gasteiger partial charge on any atom is 0.123 e. The second-order valence-electron chi connectivity index (χ2n) is 3.87. The van der Waals surface area contributed by atoms with Gasteiger partial charge in [-0.05, 0) is 12.1 Å². The quantitative estimate of drug-likeness (QED) is 0.716. The van der Waals surface area contributed by atoms with Crippen LogP contribution in [0.5, 0.6) is 5.75 Å². The van der Waals surface area contributed by atoms with Gasteiger partial charge in [-0.3, -0.25) is 0 Å². The summed E-state index contributed by atoms with van der Waals surface area (Å²) in [5.41, 5.74) is 0.401. The van der Waals surface area contributed by atoms with Crippen molar-refractivity contribution in [3.63, 3.8) is 0 Å². The lowest BCUT2D eigenvalue weighted by Gasteiger charge is -2.28. The normalized spacial score (nSPS) is 14.9. The third kappa shape index (κ3) is 3.40. The SMILES string of the molecule is C=P(COC)(Oc1ccccc1)C(C)C. The first-order valence-electron chi connectivity index (χ1n) is 5.04. The Labute approximate surface area is 92.3 Å². The lowest BCUT2D eigenvalue weighted by molar-refractivity contribution is 0.247. The van der Waals surface area contributed by atoms with Crippen LogP contribution >= 0.6 is 7.11 Å². The molecule has 0 radical (unpaired) electrons. The molecule has 0 aromatic heterocycles. The molecule has 1 atom stereocenters. The molecular formula is C12H19O2P. The molecule has 2 nitrogen and oxygen atoms in total. The number of rotatable bonds is 5. The minimum absolute atomic E-state index is 0.401. The van der Waals surface area contributed by atoms with Gasteiger partial charge in [-0.1, -0.05) is 38.3 Å². The van der Waals surface area contributed by atoms with E-state index in [2.05, 4.69) is 20.1 Å². The third-order valence-electron chi connectivity index (χ3n) is 2.32. The number of ether oxygens (including phenoxy) is 1. The molecule has 1 aromatic carbocycles. The molecule has 15 heavy (non-hydrogen) atoms. The van der Waals surface area contributed by atoms with Crippen LogP contribution in [0.25, 0.3) is 0 Å². The Balaban J connectivity index is 2.81. The van der Waals surface area contributed by atoms with E-state index < -0.39 is 7.11 Å². The molecule has 0 saturated carbocycles. The van der Waals surface area contributed by atoms with Crippen LogP contribution in [0.2, 0.25) is 0 Å². The van der Waals surface area contributed by atoms with Crippen molar-refractivity contribution in [2.75, 3.05) is 13.5 Å². The standard InChI is InChI=1S/C12H19O2P/c1-11(2)15(4,10-13-3)14-12-8-6-5-7-9-12/h5-9,11H,4,10H2,1-3H3. The predicted molar refractivity (Wildman–Crippen MR) is 68.1 cm³/mol. The zero-order chi connectivity index (χ0) is 11.3. The minimum Gasteiger partial charge on any atom is -0.475 e. The van der Waals surface area contributed by atoms with Crippen molar-refractivity contribution in [1.29, 1.82) is 0 Å². The van der Waals surface area contributed by atoms with Crippen LogP contribution in [0.15, 0.2) is 30.3 Å². The van der Waals surface area contributed by atoms with Gasteiger partial charge in [-0.2, -0.15) is 0 Å². The summed E-state index contributed by atoms with van der Waals surface area (Å²) in [6.07, 6.45) is 4.81. The summed E-state index contributed by atoms with van der Waals surface area (Å²) in [6.45, 7) is 4.26. The van der Waals surface area contributed by atoms with Crippen LogP contribution in [0, 0.1) is 0 Å². The second-order valence-corrected chi connectivity index (χ2v) is 7.25. The highest BCUT2D eigenvalue weighted by atomic mass is 31.2. The minimum atomic E-state index is -1.74. The van der Waals surface area contributed by atoms with Crippen LogP contribution in [0.1, 0.15) is 13.8 Å². The van der Waals surface area contributed by atoms with E-state index in [-0.39, 0.29) is 0 Å². The highest BCUT2D eigenvalue weighted by molar-refractivity contribution is 7.70. The summed E-state index contributed by atoms with van der Waals surface area (Å²) >= 11 is 0. The van der Waals surface area contributed by atoms with Crippen LogP contribution in [-0.2, 0) is 4.74 Å². The zero-order valence-electron chi connectivity index (χ0n) is 9.64. The lowest BCUT2D eigenvalue weighted by atomic mass is 10.3. The first kappa shape index (κ1) is 12.4. The molecule has 1 aromatic rings. The molecule has 0 saturated heterocycles. The molecule has 0 aliphatic rings. The fourth-order valence-electron chi connectivity index (χ4n) is 1.19. The summed E-state index contributed by atoms with van der Waals surface area (Å²) in [6, 6.07) is 9.82. The van der Waals surface area contributed by atoms with E-state index in [9.17, 15) is 0 Å². The predicted octanol–water partition coefficient (Wildman–Crippen LogP) is 3.44. The Morgan fingerprint density at radius 2 is 1.87 bits per heavy atom. The smallest absolute Gasteiger partial charge is 0.123 e. The molecule has 0 bridgehead atoms. The molecule has 0 aliphatic carbocycles. The van der Waals surface area contributed by atoms with Gasteiger partial charge in [-0.15, -0.1) is 0 Å². The largest absolute Gasteiger partial charge is 0.475 e. The van der Waals surface area contributed by atoms with E-state index >= 15 is 0 Å². The molecule has 0 N–H and O–H groups in total. The summed E-state index contributed by atoms with van der Waals surface area (Å²) < 4.78 is 11.2. The maximum absolute atomic E-state index is 5.98. The van der Waals surface area contributed by atoms with Crippen molar-refractivity contribution in [1.82, 2.24) is 0 Å². The van der Waals surface area contributed by atoms with Crippen molar-refractivity contribution in [3.05, 3.63) is 30.3 Å². The average Bonchev–Trinajstić information content (AvgIpc) is 2.19. The van der Waals surface area contributed by atoms with Gasteiger partial charge in [0.1, 0.15) is 5.75 Å². The van der Waals surface area contributed by atoms with Crippen LogP contribution in [0.4, 0.5) is 0 Å². The molecule has 1 unspecified atom stereocenters. The van der Waals surface area contributed by atoms with E-state index in [4.69, 9.17) is 9.26 Å². The molecule has 0 fully saturated rings. The molecule has 0 heterocycles. The van der Waals surface area contributed by atoms with Gasteiger partial charge in [0.15, 0.2) is 0 Å². The van der Waals surface area contributed by atoms with E-state index in [1.165, 1.54) is 0 Å². The summed E-state index contributed by atoms with van der Waals surface area (Å²) in [7, 11) is -0.0443. The molecular weight excluding hydrogens is 207 g/mol. The van der Waals surface area contributed by atoms with Gasteiger partial charge in [0.05, 0.1) is 13.5 Å². The summed E-state index contributed by atoms with van der Waals surface area (Å²) in [5, 5.41) is 0. The summed E-state index contributed by atoms with van der Waals surface area (Å²) in [4.78, 5) is 0. The highest BCUT2D eigenvalue weighted by Crippen LogP contribution is 2.50. The molecule has 0 spiro atoms. The molecule has 0 aliphatic heterocycles. The Morgan fingerprint density at radius 3 is 2.33 bits per heavy atom. The van der Waals surface area contributed by atoms with Crippen LogP contribution in [0.3, 0.4) is 0 Å². The van der Waals surface area contributed by atoms with Crippen LogP contribution < -0.4 is 4.52 Å². The highest BCUT2D eigenvalue weighted by Gasteiger charge is 2.20. The van der Waals surface area contributed by atoms with Gasteiger partial charge in [0.2, 0.25) is 0 Å². The van der Waals surface area contributed by atoms with Gasteiger partial charge in [-0.25, -0.2) is 0 Å². The number of hydrogen-bond acceptors (Lipinski definition) is 2. The van der Waals surface area contributed by atoms with Crippen LogP contribution in [-0.4, -0.2) is 25.4 Å². The van der Waals surface area contributed by atoms with Crippen molar-refractivity contribution in [2.24, 2.45) is 0 Å². The van der Waals surface area contributed by atoms with Gasteiger partial charge >= 0.3 is 0 Å². The Kier molecular flexibility index (Phi) is 4.44. The maximum atomic E-state index is 5.98. The van der Waals surface area contributed by atoms with Gasteiger partial charge < -0.3 is 9.26 Å².